The van der Waals surface area contributed by atoms with E-state index in [1.165, 1.54) is 12.1 Å². The van der Waals surface area contributed by atoms with Gasteiger partial charge in [-0.15, -0.1) is 0 Å². The van der Waals surface area contributed by atoms with Gasteiger partial charge in [-0.2, -0.15) is 0 Å². The Morgan fingerprint density at radius 3 is 2.69 bits per heavy atom. The molecule has 4 nitrogen and oxygen atoms in total. The maximum absolute atomic E-state index is 12.9. The van der Waals surface area contributed by atoms with Gasteiger partial charge in [-0.3, -0.25) is 9.69 Å². The van der Waals surface area contributed by atoms with E-state index in [0.717, 1.165) is 43.9 Å². The van der Waals surface area contributed by atoms with Crippen LogP contribution < -0.4 is 0 Å². The van der Waals surface area contributed by atoms with Crippen LogP contribution in [0, 0.1) is 12.7 Å². The third-order valence-electron chi connectivity index (χ3n) is 4.53. The van der Waals surface area contributed by atoms with Gasteiger partial charge in [-0.25, -0.2) is 9.37 Å². The first kappa shape index (κ1) is 18.3. The topological polar surface area (TPSA) is 36.4 Å². The molecule has 0 N–H and O–H groups in total. The molecule has 1 aliphatic heterocycles. The van der Waals surface area contributed by atoms with Gasteiger partial charge >= 0.3 is 0 Å². The van der Waals surface area contributed by atoms with Crippen LogP contribution in [0.15, 0.2) is 48.5 Å². The van der Waals surface area contributed by atoms with E-state index in [4.69, 9.17) is 0 Å². The summed E-state index contributed by atoms with van der Waals surface area (Å²) in [5, 5.41) is 0. The Kier molecular flexibility index (Phi) is 6.12. The lowest BCUT2D eigenvalue weighted by molar-refractivity contribution is 0.0756. The molecule has 0 aliphatic carbocycles. The molecule has 0 saturated carbocycles. The van der Waals surface area contributed by atoms with Crippen LogP contribution in [0.5, 0.6) is 0 Å². The van der Waals surface area contributed by atoms with Crippen LogP contribution in [0.25, 0.3) is 6.08 Å². The van der Waals surface area contributed by atoms with E-state index >= 15 is 0 Å². The van der Waals surface area contributed by atoms with E-state index in [2.05, 4.69) is 16.0 Å². The largest absolute Gasteiger partial charge is 0.336 e. The quantitative estimate of drug-likeness (QED) is 0.845. The normalized spacial score (nSPS) is 16.0. The van der Waals surface area contributed by atoms with Crippen molar-refractivity contribution in [1.29, 1.82) is 0 Å². The highest BCUT2D eigenvalue weighted by Gasteiger charge is 2.20. The molecule has 3 rings (SSSR count). The van der Waals surface area contributed by atoms with Gasteiger partial charge < -0.3 is 4.90 Å². The van der Waals surface area contributed by atoms with Gasteiger partial charge in [0.05, 0.1) is 0 Å². The summed E-state index contributed by atoms with van der Waals surface area (Å²) in [7, 11) is 0. The monoisotopic (exact) mass is 353 g/mol. The lowest BCUT2D eigenvalue weighted by atomic mass is 10.2. The second-order valence-electron chi connectivity index (χ2n) is 6.56. The van der Waals surface area contributed by atoms with Gasteiger partial charge in [0, 0.05) is 38.4 Å². The molecule has 1 saturated heterocycles. The molecule has 1 aliphatic rings. The third-order valence-corrected chi connectivity index (χ3v) is 4.53. The molecule has 0 spiro atoms. The molecule has 0 bridgehead atoms. The standard InChI is InChI=1S/C21H24FN3O/c1-17-5-2-7-20(23-17)21(26)25-14-4-13-24(15-16-25)12-3-6-18-8-10-19(22)11-9-18/h2-3,5-11H,4,12-16H2,1H3. The summed E-state index contributed by atoms with van der Waals surface area (Å²) in [5.41, 5.74) is 2.37. The molecular weight excluding hydrogens is 329 g/mol. The van der Waals surface area contributed by atoms with Crippen LogP contribution in [0.4, 0.5) is 4.39 Å². The van der Waals surface area contributed by atoms with E-state index in [1.54, 1.807) is 18.2 Å². The third kappa shape index (κ3) is 4.99. The number of carbonyl (C=O) groups excluding carboxylic acids is 1. The number of hydrogen-bond donors (Lipinski definition) is 0. The van der Waals surface area contributed by atoms with Crippen molar-refractivity contribution in [1.82, 2.24) is 14.8 Å². The van der Waals surface area contributed by atoms with E-state index in [9.17, 15) is 9.18 Å². The van der Waals surface area contributed by atoms with E-state index < -0.39 is 0 Å². The molecule has 2 aromatic rings. The van der Waals surface area contributed by atoms with Crippen molar-refractivity contribution < 1.29 is 9.18 Å². The molecule has 5 heteroatoms. The fraction of sp³-hybridized carbons (Fsp3) is 0.333. The Hall–Kier alpha value is -2.53. The lowest BCUT2D eigenvalue weighted by Gasteiger charge is -2.21. The van der Waals surface area contributed by atoms with Gasteiger partial charge in [-0.1, -0.05) is 30.4 Å². The number of aryl methyl sites for hydroxylation is 1. The minimum atomic E-state index is -0.220. The first-order valence-electron chi connectivity index (χ1n) is 8.99. The lowest BCUT2D eigenvalue weighted by Crippen LogP contribution is -2.35. The Bertz CT molecular complexity index is 773. The molecule has 1 amide bonds. The van der Waals surface area contributed by atoms with E-state index in [0.29, 0.717) is 12.2 Å². The highest BCUT2D eigenvalue weighted by atomic mass is 19.1. The van der Waals surface area contributed by atoms with Gasteiger partial charge in [0.15, 0.2) is 0 Å². The van der Waals surface area contributed by atoms with Crippen LogP contribution in [0.1, 0.15) is 28.2 Å². The van der Waals surface area contributed by atoms with Crippen LogP contribution in [0.2, 0.25) is 0 Å². The molecule has 0 unspecified atom stereocenters. The Morgan fingerprint density at radius 1 is 1.12 bits per heavy atom. The number of benzene rings is 1. The molecule has 0 radical (unpaired) electrons. The van der Waals surface area contributed by atoms with Crippen molar-refractivity contribution >= 4 is 12.0 Å². The number of nitrogens with zero attached hydrogens (tertiary/aromatic N) is 3. The molecule has 2 heterocycles. The number of halogens is 1. The minimum absolute atomic E-state index is 0.0115. The van der Waals surface area contributed by atoms with Crippen molar-refractivity contribution in [2.45, 2.75) is 13.3 Å². The van der Waals surface area contributed by atoms with Crippen molar-refractivity contribution in [3.8, 4) is 0 Å². The summed E-state index contributed by atoms with van der Waals surface area (Å²) < 4.78 is 12.9. The van der Waals surface area contributed by atoms with Gasteiger partial charge in [-0.05, 0) is 43.2 Å². The average molecular weight is 353 g/mol. The zero-order chi connectivity index (χ0) is 18.4. The Balaban J connectivity index is 1.53. The Morgan fingerprint density at radius 2 is 1.92 bits per heavy atom. The summed E-state index contributed by atoms with van der Waals surface area (Å²) in [5.74, 6) is -0.208. The number of aromatic nitrogens is 1. The maximum Gasteiger partial charge on any atom is 0.272 e. The number of hydrogen-bond acceptors (Lipinski definition) is 3. The SMILES string of the molecule is Cc1cccc(C(=O)N2CCCN(CC=Cc3ccc(F)cc3)CC2)n1. The van der Waals surface area contributed by atoms with Gasteiger partial charge in [0.2, 0.25) is 0 Å². The van der Waals surface area contributed by atoms with Crippen LogP contribution in [0.3, 0.4) is 0 Å². The van der Waals surface area contributed by atoms with Crippen LogP contribution in [-0.4, -0.2) is 53.4 Å². The first-order chi connectivity index (χ1) is 12.6. The van der Waals surface area contributed by atoms with E-state index in [-0.39, 0.29) is 11.7 Å². The fourth-order valence-electron chi connectivity index (χ4n) is 3.09. The highest BCUT2D eigenvalue weighted by molar-refractivity contribution is 5.92. The highest BCUT2D eigenvalue weighted by Crippen LogP contribution is 2.10. The summed E-state index contributed by atoms with van der Waals surface area (Å²) in [6.45, 7) is 5.98. The molecule has 1 fully saturated rings. The second-order valence-corrected chi connectivity index (χ2v) is 6.56. The minimum Gasteiger partial charge on any atom is -0.336 e. The molecule has 136 valence electrons. The number of amides is 1. The molecule has 1 aromatic heterocycles. The zero-order valence-electron chi connectivity index (χ0n) is 15.1. The zero-order valence-corrected chi connectivity index (χ0v) is 15.1. The maximum atomic E-state index is 12.9. The van der Waals surface area contributed by atoms with Gasteiger partial charge in [0.1, 0.15) is 11.5 Å². The van der Waals surface area contributed by atoms with Gasteiger partial charge in [0.25, 0.3) is 5.91 Å². The predicted molar refractivity (Wildman–Crippen MR) is 101 cm³/mol. The fourth-order valence-corrected chi connectivity index (χ4v) is 3.09. The molecular formula is C21H24FN3O. The van der Waals surface area contributed by atoms with Crippen molar-refractivity contribution in [2.75, 3.05) is 32.7 Å². The van der Waals surface area contributed by atoms with Crippen molar-refractivity contribution in [3.05, 3.63) is 71.3 Å². The predicted octanol–water partition coefficient (Wildman–Crippen LogP) is 3.39. The summed E-state index contributed by atoms with van der Waals surface area (Å²) >= 11 is 0. The molecule has 0 atom stereocenters. The van der Waals surface area contributed by atoms with Crippen molar-refractivity contribution in [3.63, 3.8) is 0 Å². The Labute approximate surface area is 154 Å². The molecule has 1 aromatic carbocycles. The summed E-state index contributed by atoms with van der Waals surface area (Å²) in [6, 6.07) is 12.0. The average Bonchev–Trinajstić information content (AvgIpc) is 2.88. The number of rotatable bonds is 4. The van der Waals surface area contributed by atoms with Crippen molar-refractivity contribution in [2.24, 2.45) is 0 Å². The molecule has 26 heavy (non-hydrogen) atoms. The number of carbonyl (C=O) groups is 1. The van der Waals surface area contributed by atoms with E-state index in [1.807, 2.05) is 30.0 Å². The first-order valence-corrected chi connectivity index (χ1v) is 8.99. The summed E-state index contributed by atoms with van der Waals surface area (Å²) in [4.78, 5) is 21.2. The number of pyridine rings is 1. The summed E-state index contributed by atoms with van der Waals surface area (Å²) in [6.07, 6.45) is 5.04. The van der Waals surface area contributed by atoms with Crippen LogP contribution in [-0.2, 0) is 0 Å². The second kappa shape index (κ2) is 8.72. The smallest absolute Gasteiger partial charge is 0.272 e. The van der Waals surface area contributed by atoms with Crippen LogP contribution >= 0.6 is 0 Å².